The Morgan fingerprint density at radius 2 is 1.59 bits per heavy atom. The van der Waals surface area contributed by atoms with Crippen LogP contribution in [0.1, 0.15) is 37.8 Å². The molecule has 3 aromatic carbocycles. The number of carbonyl (C=O) groups is 2. The largest absolute Gasteiger partial charge is 0.494 e. The summed E-state index contributed by atoms with van der Waals surface area (Å²) in [6.07, 6.45) is 2.90. The topological polar surface area (TPSA) is 96.0 Å². The van der Waals surface area contributed by atoms with E-state index in [2.05, 4.69) is 5.32 Å². The van der Waals surface area contributed by atoms with E-state index in [9.17, 15) is 22.4 Å². The van der Waals surface area contributed by atoms with Gasteiger partial charge in [0, 0.05) is 19.5 Å². The van der Waals surface area contributed by atoms with Crippen molar-refractivity contribution in [3.05, 3.63) is 95.8 Å². The van der Waals surface area contributed by atoms with Gasteiger partial charge in [0.2, 0.25) is 21.8 Å². The third-order valence-corrected chi connectivity index (χ3v) is 7.62. The summed E-state index contributed by atoms with van der Waals surface area (Å²) >= 11 is 0. The molecular weight excluding hydrogens is 545 g/mol. The first-order valence-corrected chi connectivity index (χ1v) is 15.5. The van der Waals surface area contributed by atoms with E-state index in [1.165, 1.54) is 17.0 Å². The van der Waals surface area contributed by atoms with Gasteiger partial charge in [0.25, 0.3) is 0 Å². The average Bonchev–Trinajstić information content (AvgIpc) is 2.95. The zero-order chi connectivity index (χ0) is 29.8. The van der Waals surface area contributed by atoms with E-state index in [1.807, 2.05) is 44.2 Å². The Morgan fingerprint density at radius 3 is 2.17 bits per heavy atom. The Balaban J connectivity index is 2.00. The molecule has 1 atom stereocenters. The molecule has 0 aliphatic heterocycles. The minimum absolute atomic E-state index is 0.0152. The molecule has 3 aromatic rings. The highest BCUT2D eigenvalue weighted by atomic mass is 32.2. The molecule has 0 heterocycles. The minimum atomic E-state index is -3.88. The van der Waals surface area contributed by atoms with Crippen LogP contribution in [0.3, 0.4) is 0 Å². The lowest BCUT2D eigenvalue weighted by molar-refractivity contribution is -0.140. The van der Waals surface area contributed by atoms with Crippen LogP contribution in [0.4, 0.5) is 10.1 Å². The van der Waals surface area contributed by atoms with E-state index in [4.69, 9.17) is 4.74 Å². The van der Waals surface area contributed by atoms with Crippen molar-refractivity contribution < 1.29 is 27.1 Å². The second kappa shape index (κ2) is 15.2. The Hall–Kier alpha value is -3.92. The zero-order valence-electron chi connectivity index (χ0n) is 23.8. The highest BCUT2D eigenvalue weighted by Crippen LogP contribution is 2.23. The van der Waals surface area contributed by atoms with Gasteiger partial charge in [0.15, 0.2) is 0 Å². The monoisotopic (exact) mass is 583 g/mol. The number of halogens is 1. The highest BCUT2D eigenvalue weighted by molar-refractivity contribution is 7.92. The maximum atomic E-state index is 14.0. The number of nitrogens with one attached hydrogen (secondary N) is 1. The van der Waals surface area contributed by atoms with E-state index < -0.39 is 34.3 Å². The average molecular weight is 584 g/mol. The molecule has 2 amide bonds. The van der Waals surface area contributed by atoms with Crippen LogP contribution in [-0.4, -0.2) is 57.1 Å². The van der Waals surface area contributed by atoms with Gasteiger partial charge in [0.1, 0.15) is 24.2 Å². The number of hydrogen-bond acceptors (Lipinski definition) is 5. The van der Waals surface area contributed by atoms with Crippen molar-refractivity contribution in [2.45, 2.75) is 45.7 Å². The maximum absolute atomic E-state index is 14.0. The van der Waals surface area contributed by atoms with Gasteiger partial charge in [-0.3, -0.25) is 13.9 Å². The number of benzene rings is 3. The molecule has 10 heteroatoms. The van der Waals surface area contributed by atoms with Crippen molar-refractivity contribution in [2.75, 3.05) is 30.3 Å². The fourth-order valence-electron chi connectivity index (χ4n) is 4.34. The lowest BCUT2D eigenvalue weighted by Crippen LogP contribution is -2.53. The quantitative estimate of drug-likeness (QED) is 0.265. The molecule has 0 aliphatic carbocycles. The van der Waals surface area contributed by atoms with Crippen LogP contribution < -0.4 is 14.4 Å². The highest BCUT2D eigenvalue weighted by Gasteiger charge is 2.33. The van der Waals surface area contributed by atoms with E-state index in [1.54, 1.807) is 36.4 Å². The smallest absolute Gasteiger partial charge is 0.244 e. The second-order valence-corrected chi connectivity index (χ2v) is 11.6. The SMILES string of the molecule is CCCCNC(=O)[C@@H](Cc1ccccc1)N(Cc1ccc(F)cc1)C(=O)CN(c1ccc(OCC)cc1)S(C)(=O)=O. The molecule has 0 radical (unpaired) electrons. The third kappa shape index (κ3) is 9.60. The Morgan fingerprint density at radius 1 is 0.927 bits per heavy atom. The van der Waals surface area contributed by atoms with Crippen LogP contribution in [0.25, 0.3) is 0 Å². The first-order valence-electron chi connectivity index (χ1n) is 13.7. The number of unbranched alkanes of at least 4 members (excludes halogenated alkanes) is 1. The Kier molecular flexibility index (Phi) is 11.7. The Bertz CT molecular complexity index is 1370. The van der Waals surface area contributed by atoms with Crippen molar-refractivity contribution >= 4 is 27.5 Å². The van der Waals surface area contributed by atoms with Gasteiger partial charge in [0.05, 0.1) is 18.6 Å². The molecule has 3 rings (SSSR count). The fourth-order valence-corrected chi connectivity index (χ4v) is 5.19. The molecule has 8 nitrogen and oxygen atoms in total. The molecule has 0 fully saturated rings. The van der Waals surface area contributed by atoms with Crippen molar-refractivity contribution in [3.8, 4) is 5.75 Å². The number of hydrogen-bond donors (Lipinski definition) is 1. The summed E-state index contributed by atoms with van der Waals surface area (Å²) in [5.74, 6) is -0.769. The van der Waals surface area contributed by atoms with Gasteiger partial charge < -0.3 is 15.0 Å². The van der Waals surface area contributed by atoms with Crippen LogP contribution in [0.5, 0.6) is 5.75 Å². The van der Waals surface area contributed by atoms with Crippen molar-refractivity contribution in [2.24, 2.45) is 0 Å². The van der Waals surface area contributed by atoms with Crippen LogP contribution in [-0.2, 0) is 32.6 Å². The van der Waals surface area contributed by atoms with Crippen molar-refractivity contribution in [3.63, 3.8) is 0 Å². The number of rotatable bonds is 15. The maximum Gasteiger partial charge on any atom is 0.244 e. The molecule has 0 aliphatic rings. The molecule has 0 bridgehead atoms. The van der Waals surface area contributed by atoms with Gasteiger partial charge in [-0.05, 0) is 60.9 Å². The molecule has 0 aromatic heterocycles. The summed E-state index contributed by atoms with van der Waals surface area (Å²) in [5.41, 5.74) is 1.73. The van der Waals surface area contributed by atoms with Crippen molar-refractivity contribution in [1.29, 1.82) is 0 Å². The summed E-state index contributed by atoms with van der Waals surface area (Å²) in [7, 11) is -3.88. The molecule has 0 spiro atoms. The van der Waals surface area contributed by atoms with Crippen LogP contribution in [0, 0.1) is 5.82 Å². The molecule has 0 unspecified atom stereocenters. The van der Waals surface area contributed by atoms with E-state index in [0.717, 1.165) is 29.0 Å². The number of sulfonamides is 1. The first-order chi connectivity index (χ1) is 19.6. The number of anilines is 1. The molecule has 1 N–H and O–H groups in total. The number of carbonyl (C=O) groups excluding carboxylic acids is 2. The van der Waals surface area contributed by atoms with Gasteiger partial charge in [-0.15, -0.1) is 0 Å². The predicted octanol–water partition coefficient (Wildman–Crippen LogP) is 4.55. The zero-order valence-corrected chi connectivity index (χ0v) is 24.6. The molecular formula is C31H38FN3O5S. The second-order valence-electron chi connectivity index (χ2n) is 9.69. The Labute approximate surface area is 242 Å². The number of nitrogens with zero attached hydrogens (tertiary/aromatic N) is 2. The summed E-state index contributed by atoms with van der Waals surface area (Å²) in [4.78, 5) is 29.0. The summed E-state index contributed by atoms with van der Waals surface area (Å²) in [5, 5.41) is 2.93. The van der Waals surface area contributed by atoms with Crippen molar-refractivity contribution in [1.82, 2.24) is 10.2 Å². The van der Waals surface area contributed by atoms with Crippen LogP contribution >= 0.6 is 0 Å². The molecule has 220 valence electrons. The van der Waals surface area contributed by atoms with Gasteiger partial charge in [-0.2, -0.15) is 0 Å². The summed E-state index contributed by atoms with van der Waals surface area (Å²) in [6, 6.07) is 20.5. The van der Waals surface area contributed by atoms with Crippen LogP contribution in [0.15, 0.2) is 78.9 Å². The normalized spacial score (nSPS) is 11.9. The lowest BCUT2D eigenvalue weighted by Gasteiger charge is -2.33. The van der Waals surface area contributed by atoms with E-state index in [0.29, 0.717) is 24.5 Å². The standard InChI is InChI=1S/C31H38FN3O5S/c1-4-6-20-33-31(37)29(21-24-10-8-7-9-11-24)34(22-25-12-14-26(32)15-13-25)30(36)23-35(41(3,38)39)27-16-18-28(19-17-27)40-5-2/h7-19,29H,4-6,20-23H2,1-3H3,(H,33,37)/t29-/m1/s1. The van der Waals surface area contributed by atoms with Gasteiger partial charge >= 0.3 is 0 Å². The summed E-state index contributed by atoms with van der Waals surface area (Å²) in [6.45, 7) is 4.21. The molecule has 0 saturated carbocycles. The number of ether oxygens (including phenoxy) is 1. The number of amides is 2. The van der Waals surface area contributed by atoms with Gasteiger partial charge in [-0.1, -0.05) is 55.8 Å². The van der Waals surface area contributed by atoms with Crippen LogP contribution in [0.2, 0.25) is 0 Å². The molecule has 0 saturated heterocycles. The lowest BCUT2D eigenvalue weighted by atomic mass is 10.0. The molecule has 41 heavy (non-hydrogen) atoms. The first kappa shape index (κ1) is 31.6. The predicted molar refractivity (Wildman–Crippen MR) is 159 cm³/mol. The van der Waals surface area contributed by atoms with E-state index in [-0.39, 0.29) is 24.6 Å². The summed E-state index contributed by atoms with van der Waals surface area (Å²) < 4.78 is 45.9. The van der Waals surface area contributed by atoms with Gasteiger partial charge in [-0.25, -0.2) is 12.8 Å². The fraction of sp³-hybridized carbons (Fsp3) is 0.355. The third-order valence-electron chi connectivity index (χ3n) is 6.48. The minimum Gasteiger partial charge on any atom is -0.494 e. The van der Waals surface area contributed by atoms with E-state index >= 15 is 0 Å².